The highest BCUT2D eigenvalue weighted by Gasteiger charge is 2.36. The molecule has 3 aromatic rings. The summed E-state index contributed by atoms with van der Waals surface area (Å²) in [4.78, 5) is 30.2. The van der Waals surface area contributed by atoms with E-state index in [1.807, 2.05) is 6.92 Å². The van der Waals surface area contributed by atoms with Crippen LogP contribution in [0.2, 0.25) is 0 Å². The van der Waals surface area contributed by atoms with Crippen molar-refractivity contribution in [2.45, 2.75) is 64.7 Å². The summed E-state index contributed by atoms with van der Waals surface area (Å²) in [6.07, 6.45) is 3.80. The quantitative estimate of drug-likeness (QED) is 0.455. The third-order valence-electron chi connectivity index (χ3n) is 7.31. The Kier molecular flexibility index (Phi) is 5.21. The minimum atomic E-state index is -1.80. The van der Waals surface area contributed by atoms with Crippen LogP contribution in [0.4, 0.5) is 4.39 Å². The van der Waals surface area contributed by atoms with E-state index >= 15 is 0 Å². The van der Waals surface area contributed by atoms with Gasteiger partial charge >= 0.3 is 0 Å². The van der Waals surface area contributed by atoms with Gasteiger partial charge in [0.2, 0.25) is 0 Å². The largest absolute Gasteiger partial charge is 0.380 e. The molecule has 1 aliphatic heterocycles. The number of carbonyl (C=O) groups is 1. The molecule has 7 heteroatoms. The topological polar surface area (TPSA) is 81.4 Å². The molecule has 0 saturated carbocycles. The molecule has 0 spiro atoms. The Morgan fingerprint density at radius 3 is 2.64 bits per heavy atom. The van der Waals surface area contributed by atoms with Gasteiger partial charge in [-0.15, -0.1) is 0 Å². The maximum absolute atomic E-state index is 14.9. The van der Waals surface area contributed by atoms with E-state index in [-0.39, 0.29) is 35.5 Å². The summed E-state index contributed by atoms with van der Waals surface area (Å²) in [5.74, 6) is -0.242. The number of pyridine rings is 2. The molecule has 0 bridgehead atoms. The molecule has 2 aliphatic rings. The van der Waals surface area contributed by atoms with Crippen molar-refractivity contribution in [2.24, 2.45) is 0 Å². The van der Waals surface area contributed by atoms with Crippen LogP contribution in [0.25, 0.3) is 22.3 Å². The monoisotopic (exact) mass is 450 g/mol. The molecule has 0 unspecified atom stereocenters. The van der Waals surface area contributed by atoms with Gasteiger partial charge in [-0.25, -0.2) is 9.37 Å². The lowest BCUT2D eigenvalue weighted by molar-refractivity contribution is -0.125. The summed E-state index contributed by atoms with van der Waals surface area (Å²) in [6.45, 7) is 4.00. The van der Waals surface area contributed by atoms with Gasteiger partial charge in [0.25, 0.3) is 5.56 Å². The minimum absolute atomic E-state index is 0.0155. The normalized spacial score (nSPS) is 15.9. The number of fused-ring (bicyclic) bond motifs is 4. The van der Waals surface area contributed by atoms with Gasteiger partial charge in [-0.2, -0.15) is 0 Å². The molecular weight excluding hydrogens is 423 g/mol. The summed E-state index contributed by atoms with van der Waals surface area (Å²) >= 11 is 0. The molecule has 1 N–H and O–H groups in total. The second-order valence-corrected chi connectivity index (χ2v) is 8.98. The number of nitrogens with zero attached hydrogens (tertiary/aromatic N) is 2. The van der Waals surface area contributed by atoms with Gasteiger partial charge in [0.1, 0.15) is 11.4 Å². The summed E-state index contributed by atoms with van der Waals surface area (Å²) < 4.78 is 21.8. The molecule has 1 atom stereocenters. The number of benzene rings is 1. The maximum atomic E-state index is 14.9. The van der Waals surface area contributed by atoms with E-state index in [4.69, 9.17) is 9.72 Å². The Bertz CT molecular complexity index is 1380. The first-order valence-corrected chi connectivity index (χ1v) is 11.5. The Hall–Kier alpha value is -2.90. The van der Waals surface area contributed by atoms with Crippen molar-refractivity contribution < 1.29 is 19.0 Å². The van der Waals surface area contributed by atoms with Crippen molar-refractivity contribution in [3.63, 3.8) is 0 Å². The molecule has 5 rings (SSSR count). The summed E-state index contributed by atoms with van der Waals surface area (Å²) in [6, 6.07) is 3.19. The summed E-state index contributed by atoms with van der Waals surface area (Å²) in [7, 11) is 1.47. The van der Waals surface area contributed by atoms with E-state index in [2.05, 4.69) is 0 Å². The fourth-order valence-electron chi connectivity index (χ4n) is 5.60. The van der Waals surface area contributed by atoms with Crippen LogP contribution in [0.15, 0.2) is 16.9 Å². The average Bonchev–Trinajstić information content (AvgIpc) is 3.19. The van der Waals surface area contributed by atoms with Crippen LogP contribution in [0.3, 0.4) is 0 Å². The van der Waals surface area contributed by atoms with Crippen LogP contribution in [-0.4, -0.2) is 28.1 Å². The lowest BCUT2D eigenvalue weighted by atomic mass is 9.84. The molecule has 1 aromatic carbocycles. The molecule has 6 nitrogen and oxygen atoms in total. The molecule has 0 amide bonds. The SMILES string of the molecule is CCc1c(F)cc2nc3c(c4c2c1CCC4)Cn1c-3cc([C@](O)(C=O)CC)c(COC)c1=O. The van der Waals surface area contributed by atoms with Crippen LogP contribution in [0, 0.1) is 5.82 Å². The third kappa shape index (κ3) is 3.02. The number of methoxy groups -OCH3 is 1. The Morgan fingerprint density at radius 2 is 1.97 bits per heavy atom. The first kappa shape index (κ1) is 21.9. The van der Waals surface area contributed by atoms with Crippen molar-refractivity contribution >= 4 is 17.2 Å². The molecule has 1 aliphatic carbocycles. The van der Waals surface area contributed by atoms with Gasteiger partial charge in [-0.1, -0.05) is 13.8 Å². The predicted octanol–water partition coefficient (Wildman–Crippen LogP) is 3.56. The minimum Gasteiger partial charge on any atom is -0.380 e. The summed E-state index contributed by atoms with van der Waals surface area (Å²) in [5.41, 5.74) is 4.07. The van der Waals surface area contributed by atoms with Crippen LogP contribution in [-0.2, 0) is 47.5 Å². The second kappa shape index (κ2) is 7.85. The number of rotatable bonds is 6. The number of aromatic nitrogens is 2. The average molecular weight is 451 g/mol. The highest BCUT2D eigenvalue weighted by Crippen LogP contribution is 2.42. The van der Waals surface area contributed by atoms with Crippen molar-refractivity contribution in [3.05, 3.63) is 61.7 Å². The fraction of sp³-hybridized carbons (Fsp3) is 0.423. The molecule has 33 heavy (non-hydrogen) atoms. The highest BCUT2D eigenvalue weighted by molar-refractivity contribution is 5.92. The first-order chi connectivity index (χ1) is 15.9. The number of halogens is 1. The summed E-state index contributed by atoms with van der Waals surface area (Å²) in [5, 5.41) is 12.0. The number of hydrogen-bond acceptors (Lipinski definition) is 5. The van der Waals surface area contributed by atoms with Gasteiger partial charge in [-0.3, -0.25) is 9.59 Å². The molecular formula is C26H27FN2O4. The number of carbonyl (C=O) groups excluding carboxylic acids is 1. The molecule has 172 valence electrons. The second-order valence-electron chi connectivity index (χ2n) is 8.98. The van der Waals surface area contributed by atoms with Crippen LogP contribution >= 0.6 is 0 Å². The van der Waals surface area contributed by atoms with E-state index in [1.165, 1.54) is 13.2 Å². The molecule has 0 saturated heterocycles. The first-order valence-electron chi connectivity index (χ1n) is 11.5. The molecule has 3 heterocycles. The van der Waals surface area contributed by atoms with E-state index in [1.54, 1.807) is 17.6 Å². The maximum Gasteiger partial charge on any atom is 0.257 e. The van der Waals surface area contributed by atoms with Crippen molar-refractivity contribution in [1.82, 2.24) is 9.55 Å². The molecule has 0 fully saturated rings. The van der Waals surface area contributed by atoms with Crippen molar-refractivity contribution in [3.8, 4) is 11.4 Å². The number of aldehydes is 1. The van der Waals surface area contributed by atoms with Gasteiger partial charge in [0.15, 0.2) is 6.29 Å². The standard InChI is InChI=1S/C26H27FN2O4/c1-4-14-15-7-6-8-16-17-11-29-22(24(17)28-21(23(15)16)10-20(14)27)9-19(26(32,5-2)13-30)18(12-33-3)25(29)31/h9-10,13,32H,4-8,11-12H2,1-3H3/t26-/m1/s1. The van der Waals surface area contributed by atoms with E-state index in [0.717, 1.165) is 46.9 Å². The number of aryl methyl sites for hydroxylation is 2. The fourth-order valence-corrected chi connectivity index (χ4v) is 5.60. The lowest BCUT2D eigenvalue weighted by Gasteiger charge is -2.24. The molecule has 0 radical (unpaired) electrons. The lowest BCUT2D eigenvalue weighted by Crippen LogP contribution is -2.34. The zero-order chi connectivity index (χ0) is 23.5. The van der Waals surface area contributed by atoms with Gasteiger partial charge in [0, 0.05) is 35.3 Å². The van der Waals surface area contributed by atoms with Crippen molar-refractivity contribution in [2.75, 3.05) is 7.11 Å². The molecule has 2 aromatic heterocycles. The Balaban J connectivity index is 1.84. The number of ether oxygens (including phenoxy) is 1. The van der Waals surface area contributed by atoms with Gasteiger partial charge < -0.3 is 14.4 Å². The van der Waals surface area contributed by atoms with Gasteiger partial charge in [0.05, 0.1) is 30.1 Å². The van der Waals surface area contributed by atoms with Crippen LogP contribution in [0.5, 0.6) is 0 Å². The smallest absolute Gasteiger partial charge is 0.257 e. The number of aliphatic hydroxyl groups is 1. The Morgan fingerprint density at radius 1 is 1.21 bits per heavy atom. The van der Waals surface area contributed by atoms with Crippen LogP contribution in [0.1, 0.15) is 60.1 Å². The predicted molar refractivity (Wildman–Crippen MR) is 123 cm³/mol. The zero-order valence-electron chi connectivity index (χ0n) is 19.1. The Labute approximate surface area is 191 Å². The highest BCUT2D eigenvalue weighted by atomic mass is 19.1. The van der Waals surface area contributed by atoms with Crippen LogP contribution < -0.4 is 5.56 Å². The van der Waals surface area contributed by atoms with E-state index in [0.29, 0.717) is 36.2 Å². The number of hydrogen-bond donors (Lipinski definition) is 1. The van der Waals surface area contributed by atoms with Crippen molar-refractivity contribution in [1.29, 1.82) is 0 Å². The zero-order valence-corrected chi connectivity index (χ0v) is 19.1. The van der Waals surface area contributed by atoms with Gasteiger partial charge in [-0.05, 0) is 54.9 Å². The third-order valence-corrected chi connectivity index (χ3v) is 7.31. The van der Waals surface area contributed by atoms with E-state index < -0.39 is 5.60 Å². The van der Waals surface area contributed by atoms with E-state index in [9.17, 15) is 19.1 Å².